The van der Waals surface area contributed by atoms with Crippen LogP contribution >= 0.6 is 0 Å². The topological polar surface area (TPSA) is 43.4 Å². The van der Waals surface area contributed by atoms with Crippen LogP contribution in [-0.4, -0.2) is 17.9 Å². The van der Waals surface area contributed by atoms with Crippen LogP contribution in [0.25, 0.3) is 0 Å². The molecular formula is C16H30O3. The number of esters is 1. The average Bonchev–Trinajstić information content (AvgIpc) is 2.37. The standard InChI is InChI=1S/C8H16O2.C8H14O/c1-4-5-6-8(9)10-7(2)3;1-4-7(5-2)8(9)6-3/h7H,4-6H2,1-3H3;4H,5-6H2,1-3H3/b;7-4-. The number of rotatable bonds is 7. The Labute approximate surface area is 118 Å². The molecule has 112 valence electrons. The molecule has 0 heterocycles. The highest BCUT2D eigenvalue weighted by atomic mass is 16.5. The molecule has 0 aliphatic heterocycles. The Kier molecular flexibility index (Phi) is 14.2. The van der Waals surface area contributed by atoms with Crippen molar-refractivity contribution in [2.75, 3.05) is 0 Å². The minimum atomic E-state index is -0.0724. The third kappa shape index (κ3) is 13.1. The Bertz CT molecular complexity index is 278. The first-order valence-corrected chi connectivity index (χ1v) is 7.30. The highest BCUT2D eigenvalue weighted by Gasteiger charge is 2.02. The van der Waals surface area contributed by atoms with Crippen LogP contribution in [0.3, 0.4) is 0 Å². The van der Waals surface area contributed by atoms with Crippen LogP contribution in [-0.2, 0) is 14.3 Å². The van der Waals surface area contributed by atoms with Crippen molar-refractivity contribution in [3.8, 4) is 0 Å². The Balaban J connectivity index is 0. The second kappa shape index (κ2) is 13.3. The van der Waals surface area contributed by atoms with Crippen LogP contribution in [0, 0.1) is 0 Å². The Hall–Kier alpha value is -1.12. The molecule has 0 N–H and O–H groups in total. The normalized spacial score (nSPS) is 10.8. The zero-order valence-corrected chi connectivity index (χ0v) is 13.4. The molecule has 0 saturated carbocycles. The molecule has 0 radical (unpaired) electrons. The smallest absolute Gasteiger partial charge is 0.306 e. The van der Waals surface area contributed by atoms with Crippen molar-refractivity contribution in [3.05, 3.63) is 11.6 Å². The summed E-state index contributed by atoms with van der Waals surface area (Å²) in [4.78, 5) is 21.7. The maximum atomic E-state index is 10.9. The van der Waals surface area contributed by atoms with E-state index in [1.54, 1.807) is 0 Å². The summed E-state index contributed by atoms with van der Waals surface area (Å²) in [6.07, 6.45) is 5.97. The van der Waals surface area contributed by atoms with Gasteiger partial charge in [-0.25, -0.2) is 0 Å². The van der Waals surface area contributed by atoms with Gasteiger partial charge in [-0.15, -0.1) is 0 Å². The monoisotopic (exact) mass is 270 g/mol. The van der Waals surface area contributed by atoms with Gasteiger partial charge in [0.25, 0.3) is 0 Å². The van der Waals surface area contributed by atoms with Gasteiger partial charge in [0.1, 0.15) is 0 Å². The lowest BCUT2D eigenvalue weighted by molar-refractivity contribution is -0.147. The summed E-state index contributed by atoms with van der Waals surface area (Å²) in [5.41, 5.74) is 0.956. The van der Waals surface area contributed by atoms with Gasteiger partial charge < -0.3 is 4.74 Å². The summed E-state index contributed by atoms with van der Waals surface area (Å²) in [5, 5.41) is 0. The maximum absolute atomic E-state index is 10.9. The highest BCUT2D eigenvalue weighted by molar-refractivity contribution is 5.94. The van der Waals surface area contributed by atoms with E-state index in [2.05, 4.69) is 6.92 Å². The lowest BCUT2D eigenvalue weighted by atomic mass is 10.1. The van der Waals surface area contributed by atoms with Crippen LogP contribution in [0.5, 0.6) is 0 Å². The Morgan fingerprint density at radius 3 is 1.95 bits per heavy atom. The lowest BCUT2D eigenvalue weighted by Crippen LogP contribution is -2.10. The van der Waals surface area contributed by atoms with E-state index in [9.17, 15) is 9.59 Å². The zero-order chi connectivity index (χ0) is 15.3. The van der Waals surface area contributed by atoms with Gasteiger partial charge in [0, 0.05) is 12.8 Å². The van der Waals surface area contributed by atoms with Crippen molar-refractivity contribution in [2.45, 2.75) is 79.8 Å². The number of carbonyl (C=O) groups excluding carboxylic acids is 2. The van der Waals surface area contributed by atoms with E-state index in [0.29, 0.717) is 12.8 Å². The highest BCUT2D eigenvalue weighted by Crippen LogP contribution is 2.03. The first-order chi connectivity index (χ1) is 8.92. The molecule has 0 rings (SSSR count). The van der Waals surface area contributed by atoms with E-state index in [-0.39, 0.29) is 17.9 Å². The van der Waals surface area contributed by atoms with Crippen LogP contribution in [0.4, 0.5) is 0 Å². The summed E-state index contributed by atoms with van der Waals surface area (Å²) in [5.74, 6) is 0.205. The summed E-state index contributed by atoms with van der Waals surface area (Å²) in [6, 6.07) is 0. The first kappa shape index (κ1) is 20.2. The molecule has 0 aliphatic rings. The van der Waals surface area contributed by atoms with Gasteiger partial charge in [0.2, 0.25) is 0 Å². The lowest BCUT2D eigenvalue weighted by Gasteiger charge is -2.06. The second-order valence-corrected chi connectivity index (χ2v) is 4.59. The van der Waals surface area contributed by atoms with Crippen LogP contribution < -0.4 is 0 Å². The fourth-order valence-corrected chi connectivity index (χ4v) is 1.43. The summed E-state index contributed by atoms with van der Waals surface area (Å²) in [6.45, 7) is 11.6. The number of carbonyl (C=O) groups is 2. The van der Waals surface area contributed by atoms with Crippen LogP contribution in [0.1, 0.15) is 73.6 Å². The van der Waals surface area contributed by atoms with E-state index < -0.39 is 0 Å². The number of unbranched alkanes of at least 4 members (excludes halogenated alkanes) is 1. The van der Waals surface area contributed by atoms with Crippen molar-refractivity contribution in [1.82, 2.24) is 0 Å². The SMILES string of the molecule is C/C=C(/CC)C(=O)CC.CCCCC(=O)OC(C)C. The molecule has 3 heteroatoms. The number of hydrogen-bond acceptors (Lipinski definition) is 3. The van der Waals surface area contributed by atoms with Crippen molar-refractivity contribution < 1.29 is 14.3 Å². The van der Waals surface area contributed by atoms with E-state index in [0.717, 1.165) is 24.8 Å². The molecule has 0 aromatic rings. The Morgan fingerprint density at radius 2 is 1.68 bits per heavy atom. The third-order valence-corrected chi connectivity index (χ3v) is 2.51. The van der Waals surface area contributed by atoms with Gasteiger partial charge in [0.15, 0.2) is 5.78 Å². The van der Waals surface area contributed by atoms with E-state index in [4.69, 9.17) is 4.74 Å². The maximum Gasteiger partial charge on any atom is 0.306 e. The van der Waals surface area contributed by atoms with E-state index in [1.807, 2.05) is 40.7 Å². The first-order valence-electron chi connectivity index (χ1n) is 7.30. The number of allylic oxidation sites excluding steroid dienone is 2. The molecule has 19 heavy (non-hydrogen) atoms. The van der Waals surface area contributed by atoms with Crippen molar-refractivity contribution in [3.63, 3.8) is 0 Å². The second-order valence-electron chi connectivity index (χ2n) is 4.59. The van der Waals surface area contributed by atoms with Crippen molar-refractivity contribution in [2.24, 2.45) is 0 Å². The predicted octanol–water partition coefficient (Wildman–Crippen LogP) is 4.45. The van der Waals surface area contributed by atoms with Crippen LogP contribution in [0.15, 0.2) is 11.6 Å². The molecule has 0 saturated heterocycles. The summed E-state index contributed by atoms with van der Waals surface area (Å²) in [7, 11) is 0. The molecule has 0 fully saturated rings. The molecule has 3 nitrogen and oxygen atoms in total. The summed E-state index contributed by atoms with van der Waals surface area (Å²) < 4.78 is 4.91. The van der Waals surface area contributed by atoms with Crippen molar-refractivity contribution >= 4 is 11.8 Å². The summed E-state index contributed by atoms with van der Waals surface area (Å²) >= 11 is 0. The zero-order valence-electron chi connectivity index (χ0n) is 13.4. The molecular weight excluding hydrogens is 240 g/mol. The molecule has 0 aliphatic carbocycles. The quantitative estimate of drug-likeness (QED) is 0.507. The molecule has 0 atom stereocenters. The molecule has 0 bridgehead atoms. The van der Waals surface area contributed by atoms with E-state index >= 15 is 0 Å². The minimum Gasteiger partial charge on any atom is -0.463 e. The number of hydrogen-bond donors (Lipinski definition) is 0. The van der Waals surface area contributed by atoms with Gasteiger partial charge in [-0.2, -0.15) is 0 Å². The fourth-order valence-electron chi connectivity index (χ4n) is 1.43. The number of ketones is 1. The predicted molar refractivity (Wildman–Crippen MR) is 80.1 cm³/mol. The third-order valence-electron chi connectivity index (χ3n) is 2.51. The molecule has 0 aromatic carbocycles. The van der Waals surface area contributed by atoms with Gasteiger partial charge in [-0.05, 0) is 39.2 Å². The van der Waals surface area contributed by atoms with Gasteiger partial charge >= 0.3 is 5.97 Å². The number of Topliss-reactive ketones (excluding diaryl/α,β-unsaturated/α-hetero) is 1. The van der Waals surface area contributed by atoms with E-state index in [1.165, 1.54) is 0 Å². The molecule has 0 unspecified atom stereocenters. The van der Waals surface area contributed by atoms with Gasteiger partial charge in [0.05, 0.1) is 6.10 Å². The largest absolute Gasteiger partial charge is 0.463 e. The minimum absolute atomic E-state index is 0.0318. The van der Waals surface area contributed by atoms with Gasteiger partial charge in [-0.3, -0.25) is 9.59 Å². The molecule has 0 aromatic heterocycles. The van der Waals surface area contributed by atoms with Gasteiger partial charge in [-0.1, -0.05) is 33.3 Å². The molecule has 0 spiro atoms. The van der Waals surface area contributed by atoms with Crippen molar-refractivity contribution in [1.29, 1.82) is 0 Å². The molecule has 0 amide bonds. The fraction of sp³-hybridized carbons (Fsp3) is 0.750. The average molecular weight is 270 g/mol. The van der Waals surface area contributed by atoms with Crippen LogP contribution in [0.2, 0.25) is 0 Å². The number of ether oxygens (including phenoxy) is 1. The Morgan fingerprint density at radius 1 is 1.11 bits per heavy atom.